The summed E-state index contributed by atoms with van der Waals surface area (Å²) in [5, 5.41) is 18.9. The van der Waals surface area contributed by atoms with Gasteiger partial charge in [-0.3, -0.25) is 9.69 Å². The maximum atomic E-state index is 13.4. The van der Waals surface area contributed by atoms with E-state index in [0.717, 1.165) is 11.3 Å². The smallest absolute Gasteiger partial charge is 0.335 e. The largest absolute Gasteiger partial charge is 0.486 e. The third kappa shape index (κ3) is 5.69. The number of para-hydroxylation sites is 1. The minimum Gasteiger partial charge on any atom is -0.486 e. The van der Waals surface area contributed by atoms with Gasteiger partial charge in [-0.25, -0.2) is 4.79 Å². The second-order valence-electron chi connectivity index (χ2n) is 9.37. The zero-order valence-electron chi connectivity index (χ0n) is 20.6. The summed E-state index contributed by atoms with van der Waals surface area (Å²) in [6.07, 6.45) is -0.204. The van der Waals surface area contributed by atoms with Crippen LogP contribution in [0.4, 0.5) is 5.69 Å². The van der Waals surface area contributed by atoms with Gasteiger partial charge in [0.25, 0.3) is 5.91 Å². The topological polar surface area (TPSA) is 93.6 Å². The van der Waals surface area contributed by atoms with Gasteiger partial charge in [0.2, 0.25) is 0 Å². The summed E-state index contributed by atoms with van der Waals surface area (Å²) < 4.78 is 6.56. The number of benzene rings is 2. The Bertz CT molecular complexity index is 1010. The Hall–Kier alpha value is -3.10. The fourth-order valence-corrected chi connectivity index (χ4v) is 4.23. The predicted molar refractivity (Wildman–Crippen MR) is 132 cm³/mol. The van der Waals surface area contributed by atoms with Crippen LogP contribution in [-0.4, -0.2) is 84.9 Å². The lowest BCUT2D eigenvalue weighted by atomic mass is 9.98. The molecule has 0 fully saturated rings. The van der Waals surface area contributed by atoms with Crippen LogP contribution in [0, 0.1) is 5.92 Å². The molecule has 2 aromatic carbocycles. The molecule has 1 aliphatic heterocycles. The van der Waals surface area contributed by atoms with E-state index in [9.17, 15) is 14.7 Å². The van der Waals surface area contributed by atoms with Crippen molar-refractivity contribution >= 4 is 17.6 Å². The Labute approximate surface area is 201 Å². The molecule has 0 bridgehead atoms. The lowest BCUT2D eigenvalue weighted by Crippen LogP contribution is -2.49. The molecule has 0 aliphatic carbocycles. The number of ether oxygens (including phenoxy) is 1. The minimum absolute atomic E-state index is 0.0122. The van der Waals surface area contributed by atoms with Gasteiger partial charge in [-0.15, -0.1) is 0 Å². The summed E-state index contributed by atoms with van der Waals surface area (Å²) in [5.74, 6) is -0.512. The average molecular weight is 470 g/mol. The fraction of sp³-hybridized carbons (Fsp3) is 0.462. The molecule has 0 unspecified atom stereocenters. The Kier molecular flexibility index (Phi) is 8.17. The highest BCUT2D eigenvalue weighted by atomic mass is 16.5. The first kappa shape index (κ1) is 25.5. The molecule has 0 radical (unpaired) electrons. The normalized spacial score (nSPS) is 19.1. The van der Waals surface area contributed by atoms with E-state index >= 15 is 0 Å². The van der Waals surface area contributed by atoms with E-state index in [0.29, 0.717) is 30.9 Å². The molecule has 1 heterocycles. The zero-order chi connectivity index (χ0) is 25.0. The van der Waals surface area contributed by atoms with Gasteiger partial charge in [-0.2, -0.15) is 0 Å². The van der Waals surface area contributed by atoms with Crippen molar-refractivity contribution in [3.63, 3.8) is 0 Å². The maximum Gasteiger partial charge on any atom is 0.335 e. The first-order chi connectivity index (χ1) is 16.1. The number of likely N-dealkylation sites (N-methyl/N-ethyl adjacent to an activating group) is 1. The number of carboxylic acids is 1. The number of aliphatic hydroxyl groups is 1. The zero-order valence-corrected chi connectivity index (χ0v) is 20.6. The van der Waals surface area contributed by atoms with Crippen LogP contribution in [0.15, 0.2) is 42.5 Å². The van der Waals surface area contributed by atoms with Gasteiger partial charge in [0, 0.05) is 39.6 Å². The molecule has 1 aliphatic rings. The number of hydrogen-bond donors (Lipinski definition) is 2. The van der Waals surface area contributed by atoms with Gasteiger partial charge in [0.05, 0.1) is 29.5 Å². The van der Waals surface area contributed by atoms with Crippen molar-refractivity contribution in [1.82, 2.24) is 9.80 Å². The average Bonchev–Trinajstić information content (AvgIpc) is 2.80. The van der Waals surface area contributed by atoms with Crippen LogP contribution in [-0.2, 0) is 6.54 Å². The summed E-state index contributed by atoms with van der Waals surface area (Å²) in [4.78, 5) is 30.3. The summed E-state index contributed by atoms with van der Waals surface area (Å²) in [5.41, 5.74) is 2.59. The Morgan fingerprint density at radius 2 is 1.85 bits per heavy atom. The van der Waals surface area contributed by atoms with E-state index < -0.39 is 5.97 Å². The predicted octanol–water partition coefficient (Wildman–Crippen LogP) is 2.80. The first-order valence-electron chi connectivity index (χ1n) is 11.5. The molecule has 2 N–H and O–H groups in total. The van der Waals surface area contributed by atoms with Gasteiger partial charge in [0.1, 0.15) is 6.10 Å². The fourth-order valence-electron chi connectivity index (χ4n) is 4.23. The molecular formula is C26H35N3O5. The summed E-state index contributed by atoms with van der Waals surface area (Å²) in [6.45, 7) is 5.51. The molecule has 0 aromatic heterocycles. The molecule has 0 saturated carbocycles. The number of anilines is 1. The van der Waals surface area contributed by atoms with E-state index in [4.69, 9.17) is 9.84 Å². The number of aliphatic hydroxyl groups excluding tert-OH is 1. The van der Waals surface area contributed by atoms with E-state index in [-0.39, 0.29) is 36.1 Å². The van der Waals surface area contributed by atoms with E-state index in [1.54, 1.807) is 23.1 Å². The van der Waals surface area contributed by atoms with Crippen molar-refractivity contribution in [1.29, 1.82) is 0 Å². The Morgan fingerprint density at radius 1 is 1.18 bits per heavy atom. The summed E-state index contributed by atoms with van der Waals surface area (Å²) >= 11 is 0. The number of aromatic carboxylic acids is 1. The highest BCUT2D eigenvalue weighted by Gasteiger charge is 2.34. The Morgan fingerprint density at radius 3 is 2.44 bits per heavy atom. The van der Waals surface area contributed by atoms with Gasteiger partial charge in [-0.1, -0.05) is 25.1 Å². The van der Waals surface area contributed by atoms with Crippen molar-refractivity contribution in [2.45, 2.75) is 32.5 Å². The molecular weight excluding hydrogens is 434 g/mol. The van der Waals surface area contributed by atoms with Gasteiger partial charge >= 0.3 is 5.97 Å². The summed E-state index contributed by atoms with van der Waals surface area (Å²) in [6, 6.07) is 12.1. The molecule has 2 aromatic rings. The van der Waals surface area contributed by atoms with Gasteiger partial charge in [0.15, 0.2) is 5.75 Å². The van der Waals surface area contributed by atoms with Gasteiger partial charge < -0.3 is 24.7 Å². The van der Waals surface area contributed by atoms with E-state index in [1.165, 1.54) is 0 Å². The minimum atomic E-state index is -0.941. The number of rotatable bonds is 8. The highest BCUT2D eigenvalue weighted by Crippen LogP contribution is 2.36. The van der Waals surface area contributed by atoms with Crippen molar-refractivity contribution in [3.8, 4) is 5.75 Å². The van der Waals surface area contributed by atoms with Crippen LogP contribution in [0.1, 0.15) is 40.1 Å². The van der Waals surface area contributed by atoms with E-state index in [2.05, 4.69) is 11.8 Å². The van der Waals surface area contributed by atoms with Crippen LogP contribution in [0.25, 0.3) is 0 Å². The molecule has 184 valence electrons. The molecule has 3 atom stereocenters. The quantitative estimate of drug-likeness (QED) is 0.614. The number of hydrogen-bond acceptors (Lipinski definition) is 6. The molecule has 34 heavy (non-hydrogen) atoms. The SMILES string of the molecule is C[C@H](CO)N1C[C@H](C)[C@@H](CN(C)Cc2ccc(C(=O)O)cc2)Oc2c(cccc2N(C)C)C1=O. The van der Waals surface area contributed by atoms with E-state index in [1.807, 2.05) is 57.2 Å². The van der Waals surface area contributed by atoms with Crippen LogP contribution >= 0.6 is 0 Å². The van der Waals surface area contributed by atoms with Crippen LogP contribution in [0.5, 0.6) is 5.75 Å². The monoisotopic (exact) mass is 469 g/mol. The maximum absolute atomic E-state index is 13.4. The standard InChI is InChI=1S/C26H35N3O5/c1-17-13-29(18(2)16-30)25(31)21-7-6-8-22(27(3)4)24(21)34-23(17)15-28(5)14-19-9-11-20(12-10-19)26(32)33/h6-12,17-18,23,30H,13-16H2,1-5H3,(H,32,33)/t17-,18+,23+/m0/s1. The number of fused-ring (bicyclic) bond motifs is 1. The van der Waals surface area contributed by atoms with Crippen LogP contribution in [0.2, 0.25) is 0 Å². The number of carboxylic acid groups (broad SMARTS) is 1. The number of carbonyl (C=O) groups excluding carboxylic acids is 1. The highest BCUT2D eigenvalue weighted by molar-refractivity contribution is 5.99. The van der Waals surface area contributed by atoms with Crippen LogP contribution < -0.4 is 9.64 Å². The molecule has 3 rings (SSSR count). The van der Waals surface area contributed by atoms with Crippen LogP contribution in [0.3, 0.4) is 0 Å². The molecule has 8 heteroatoms. The first-order valence-corrected chi connectivity index (χ1v) is 11.5. The molecule has 1 amide bonds. The number of nitrogens with zero attached hydrogens (tertiary/aromatic N) is 3. The van der Waals surface area contributed by atoms with Crippen molar-refractivity contribution < 1.29 is 24.5 Å². The third-order valence-electron chi connectivity index (χ3n) is 6.30. The molecule has 0 spiro atoms. The second kappa shape index (κ2) is 10.9. The lowest BCUT2D eigenvalue weighted by Gasteiger charge is -2.39. The third-order valence-corrected chi connectivity index (χ3v) is 6.30. The number of amides is 1. The number of carbonyl (C=O) groups is 2. The summed E-state index contributed by atoms with van der Waals surface area (Å²) in [7, 11) is 5.83. The van der Waals surface area contributed by atoms with Crippen molar-refractivity contribution in [2.24, 2.45) is 5.92 Å². The van der Waals surface area contributed by atoms with Crippen molar-refractivity contribution in [3.05, 3.63) is 59.2 Å². The lowest BCUT2D eigenvalue weighted by molar-refractivity contribution is 0.0343. The van der Waals surface area contributed by atoms with Gasteiger partial charge in [-0.05, 0) is 43.8 Å². The molecule has 8 nitrogen and oxygen atoms in total. The Balaban J connectivity index is 1.89. The molecule has 0 saturated heterocycles. The van der Waals surface area contributed by atoms with Crippen molar-refractivity contribution in [2.75, 3.05) is 45.7 Å². The second-order valence-corrected chi connectivity index (χ2v) is 9.37.